The fourth-order valence-corrected chi connectivity index (χ4v) is 3.03. The van der Waals surface area contributed by atoms with Crippen molar-refractivity contribution in [3.8, 4) is 11.5 Å². The van der Waals surface area contributed by atoms with E-state index in [0.717, 1.165) is 4.34 Å². The van der Waals surface area contributed by atoms with E-state index in [1.54, 1.807) is 29.7 Å². The van der Waals surface area contributed by atoms with Crippen molar-refractivity contribution in [2.24, 2.45) is 0 Å². The summed E-state index contributed by atoms with van der Waals surface area (Å²) >= 11 is 3.06. The first-order valence-electron chi connectivity index (χ1n) is 5.82. The molecule has 0 amide bonds. The van der Waals surface area contributed by atoms with E-state index in [0.29, 0.717) is 23.1 Å². The fourth-order valence-electron chi connectivity index (χ4n) is 1.56. The Morgan fingerprint density at radius 1 is 1.29 bits per heavy atom. The van der Waals surface area contributed by atoms with E-state index in [4.69, 9.17) is 4.42 Å². The molecule has 0 radical (unpaired) electrons. The molecule has 0 aliphatic rings. The van der Waals surface area contributed by atoms with Crippen molar-refractivity contribution < 1.29 is 9.34 Å². The lowest BCUT2D eigenvalue weighted by Crippen LogP contribution is -1.87. The second-order valence-corrected chi connectivity index (χ2v) is 6.01. The number of nitro groups is 1. The zero-order valence-electron chi connectivity index (χ0n) is 10.5. The number of hydrogen-bond acceptors (Lipinski definition) is 8. The molecule has 0 saturated heterocycles. The van der Waals surface area contributed by atoms with Gasteiger partial charge in [-0.15, -0.1) is 21.5 Å². The zero-order chi connectivity index (χ0) is 14.7. The molecule has 1 aromatic carbocycles. The highest BCUT2D eigenvalue weighted by atomic mass is 32.2. The van der Waals surface area contributed by atoms with Gasteiger partial charge < -0.3 is 4.42 Å². The molecule has 0 aliphatic carbocycles. The zero-order valence-corrected chi connectivity index (χ0v) is 12.1. The first-order valence-corrected chi connectivity index (χ1v) is 7.68. The molecule has 0 spiro atoms. The molecule has 0 bridgehead atoms. The molecule has 3 rings (SSSR count). The van der Waals surface area contributed by atoms with Gasteiger partial charge in [0.05, 0.1) is 10.7 Å². The van der Waals surface area contributed by atoms with Gasteiger partial charge in [0, 0.05) is 29.3 Å². The Balaban J connectivity index is 1.70. The summed E-state index contributed by atoms with van der Waals surface area (Å²) in [6.07, 6.45) is 1.74. The minimum Gasteiger partial charge on any atom is -0.420 e. The molecule has 2 aromatic heterocycles. The third-order valence-corrected chi connectivity index (χ3v) is 4.47. The molecule has 3 aromatic rings. The number of nitro benzene ring substituents is 1. The standard InChI is InChI=1S/C12H8N4O3S2/c17-16(18)9-3-1-8(2-4-9)11-15-14-10(19-11)7-21-12-13-5-6-20-12/h1-6H,7H2. The summed E-state index contributed by atoms with van der Waals surface area (Å²) in [5, 5.41) is 20.4. The highest BCUT2D eigenvalue weighted by Crippen LogP contribution is 2.26. The van der Waals surface area contributed by atoms with Gasteiger partial charge in [-0.05, 0) is 12.1 Å². The minimum absolute atomic E-state index is 0.0258. The normalized spacial score (nSPS) is 10.7. The van der Waals surface area contributed by atoms with E-state index in [-0.39, 0.29) is 5.69 Å². The minimum atomic E-state index is -0.451. The van der Waals surface area contributed by atoms with Crippen LogP contribution in [0.15, 0.2) is 44.6 Å². The van der Waals surface area contributed by atoms with E-state index in [1.165, 1.54) is 23.9 Å². The van der Waals surface area contributed by atoms with Crippen LogP contribution in [-0.2, 0) is 5.75 Å². The molecule has 21 heavy (non-hydrogen) atoms. The predicted molar refractivity (Wildman–Crippen MR) is 78.1 cm³/mol. The van der Waals surface area contributed by atoms with Crippen LogP contribution in [0, 0.1) is 10.1 Å². The van der Waals surface area contributed by atoms with Gasteiger partial charge in [0.15, 0.2) is 0 Å². The molecular weight excluding hydrogens is 312 g/mol. The van der Waals surface area contributed by atoms with Crippen molar-refractivity contribution in [1.29, 1.82) is 0 Å². The van der Waals surface area contributed by atoms with Crippen molar-refractivity contribution in [2.45, 2.75) is 10.1 Å². The summed E-state index contributed by atoms with van der Waals surface area (Å²) in [5.74, 6) is 1.37. The van der Waals surface area contributed by atoms with Crippen molar-refractivity contribution in [2.75, 3.05) is 0 Å². The average Bonchev–Trinajstić information content (AvgIpc) is 3.17. The van der Waals surface area contributed by atoms with Crippen LogP contribution in [-0.4, -0.2) is 20.1 Å². The van der Waals surface area contributed by atoms with Gasteiger partial charge in [-0.3, -0.25) is 10.1 Å². The quantitative estimate of drug-likeness (QED) is 0.404. The second-order valence-electron chi connectivity index (χ2n) is 3.89. The summed E-state index contributed by atoms with van der Waals surface area (Å²) in [7, 11) is 0. The number of benzene rings is 1. The van der Waals surface area contributed by atoms with Gasteiger partial charge >= 0.3 is 0 Å². The summed E-state index contributed by atoms with van der Waals surface area (Å²) in [6, 6.07) is 5.99. The lowest BCUT2D eigenvalue weighted by molar-refractivity contribution is -0.384. The molecule has 0 aliphatic heterocycles. The average molecular weight is 320 g/mol. The Kier molecular flexibility index (Phi) is 3.93. The van der Waals surface area contributed by atoms with Crippen LogP contribution in [0.3, 0.4) is 0 Å². The molecule has 106 valence electrons. The molecular formula is C12H8N4O3S2. The lowest BCUT2D eigenvalue weighted by atomic mass is 10.2. The van der Waals surface area contributed by atoms with E-state index in [9.17, 15) is 10.1 Å². The third-order valence-electron chi connectivity index (χ3n) is 2.52. The van der Waals surface area contributed by atoms with Gasteiger partial charge in [0.2, 0.25) is 11.8 Å². The number of aromatic nitrogens is 3. The molecule has 0 atom stereocenters. The predicted octanol–water partition coefficient (Wildman–Crippen LogP) is 3.39. The van der Waals surface area contributed by atoms with Crippen LogP contribution < -0.4 is 0 Å². The Bertz CT molecular complexity index is 740. The number of thioether (sulfide) groups is 1. The van der Waals surface area contributed by atoms with E-state index >= 15 is 0 Å². The molecule has 0 N–H and O–H groups in total. The number of rotatable bonds is 5. The van der Waals surface area contributed by atoms with Crippen LogP contribution in [0.25, 0.3) is 11.5 Å². The molecule has 9 heteroatoms. The van der Waals surface area contributed by atoms with Crippen LogP contribution >= 0.6 is 23.1 Å². The highest BCUT2D eigenvalue weighted by molar-refractivity contribution is 8.00. The fraction of sp³-hybridized carbons (Fsp3) is 0.0833. The second kappa shape index (κ2) is 6.02. The summed E-state index contributed by atoms with van der Waals surface area (Å²) < 4.78 is 6.47. The van der Waals surface area contributed by atoms with Gasteiger partial charge in [-0.25, -0.2) is 4.98 Å². The highest BCUT2D eigenvalue weighted by Gasteiger charge is 2.11. The Morgan fingerprint density at radius 2 is 2.10 bits per heavy atom. The van der Waals surface area contributed by atoms with Gasteiger partial charge in [0.1, 0.15) is 4.34 Å². The Labute approximate surface area is 127 Å². The number of hydrogen-bond donors (Lipinski definition) is 0. The van der Waals surface area contributed by atoms with Crippen molar-refractivity contribution in [1.82, 2.24) is 15.2 Å². The summed E-state index contributed by atoms with van der Waals surface area (Å²) in [6.45, 7) is 0. The van der Waals surface area contributed by atoms with Gasteiger partial charge in [-0.2, -0.15) is 0 Å². The smallest absolute Gasteiger partial charge is 0.269 e. The van der Waals surface area contributed by atoms with Crippen molar-refractivity contribution in [3.05, 3.63) is 51.8 Å². The number of non-ortho nitro benzene ring substituents is 1. The number of thiazole rings is 1. The summed E-state index contributed by atoms with van der Waals surface area (Å²) in [4.78, 5) is 14.3. The van der Waals surface area contributed by atoms with Crippen LogP contribution in [0.4, 0.5) is 5.69 Å². The van der Waals surface area contributed by atoms with Crippen molar-refractivity contribution >= 4 is 28.8 Å². The van der Waals surface area contributed by atoms with Gasteiger partial charge in [0.25, 0.3) is 5.69 Å². The van der Waals surface area contributed by atoms with Crippen LogP contribution in [0.1, 0.15) is 5.89 Å². The monoisotopic (exact) mass is 320 g/mol. The van der Waals surface area contributed by atoms with Crippen LogP contribution in [0.2, 0.25) is 0 Å². The van der Waals surface area contributed by atoms with E-state index in [1.807, 2.05) is 5.38 Å². The SMILES string of the molecule is O=[N+]([O-])c1ccc(-c2nnc(CSc3nccs3)o2)cc1. The van der Waals surface area contributed by atoms with E-state index < -0.39 is 4.92 Å². The summed E-state index contributed by atoms with van der Waals surface area (Å²) in [5.41, 5.74) is 0.677. The maximum Gasteiger partial charge on any atom is 0.269 e. The third kappa shape index (κ3) is 3.26. The maximum absolute atomic E-state index is 10.6. The number of nitrogens with zero attached hydrogens (tertiary/aromatic N) is 4. The topological polar surface area (TPSA) is 95.0 Å². The lowest BCUT2D eigenvalue weighted by Gasteiger charge is -1.94. The van der Waals surface area contributed by atoms with E-state index in [2.05, 4.69) is 15.2 Å². The molecule has 0 saturated carbocycles. The maximum atomic E-state index is 10.6. The molecule has 2 heterocycles. The van der Waals surface area contributed by atoms with Crippen molar-refractivity contribution in [3.63, 3.8) is 0 Å². The Morgan fingerprint density at radius 3 is 2.76 bits per heavy atom. The molecule has 7 nitrogen and oxygen atoms in total. The van der Waals surface area contributed by atoms with Crippen LogP contribution in [0.5, 0.6) is 0 Å². The first kappa shape index (κ1) is 13.7. The molecule has 0 fully saturated rings. The first-order chi connectivity index (χ1) is 10.2. The van der Waals surface area contributed by atoms with Gasteiger partial charge in [-0.1, -0.05) is 11.8 Å². The largest absolute Gasteiger partial charge is 0.420 e. The Hall–Kier alpha value is -2.26. The molecule has 0 unspecified atom stereocenters.